The number of hydrogen-bond acceptors (Lipinski definition) is 3. The molecule has 0 bridgehead atoms. The van der Waals surface area contributed by atoms with E-state index in [4.69, 9.17) is 4.74 Å². The van der Waals surface area contributed by atoms with Crippen LogP contribution in [0.5, 0.6) is 0 Å². The Morgan fingerprint density at radius 1 is 1.08 bits per heavy atom. The molecule has 1 aliphatic rings. The van der Waals surface area contributed by atoms with E-state index in [1.54, 1.807) is 12.1 Å². The predicted octanol–water partition coefficient (Wildman–Crippen LogP) is 3.24. The van der Waals surface area contributed by atoms with Crippen LogP contribution >= 0.6 is 0 Å². The maximum atomic E-state index is 12.9. The number of ether oxygens (including phenoxy) is 1. The van der Waals surface area contributed by atoms with Gasteiger partial charge in [0.25, 0.3) is 0 Å². The second kappa shape index (κ2) is 8.47. The third kappa shape index (κ3) is 4.59. The summed E-state index contributed by atoms with van der Waals surface area (Å²) >= 11 is 0. The normalized spacial score (nSPS) is 16.3. The minimum Gasteiger partial charge on any atom is -0.445 e. The second-order valence-corrected chi connectivity index (χ2v) is 6.24. The van der Waals surface area contributed by atoms with E-state index in [1.165, 1.54) is 17.0 Å². The number of carbonyl (C=O) groups is 2. The summed E-state index contributed by atoms with van der Waals surface area (Å²) in [5, 5.41) is 2.81. The first-order chi connectivity index (χ1) is 12.6. The van der Waals surface area contributed by atoms with Crippen molar-refractivity contribution in [2.24, 2.45) is 0 Å². The zero-order chi connectivity index (χ0) is 18.4. The van der Waals surface area contributed by atoms with Crippen molar-refractivity contribution in [1.29, 1.82) is 0 Å². The molecular formula is C20H21FN2O3. The predicted molar refractivity (Wildman–Crippen MR) is 94.6 cm³/mol. The highest BCUT2D eigenvalue weighted by molar-refractivity contribution is 5.86. The Labute approximate surface area is 151 Å². The van der Waals surface area contributed by atoms with E-state index in [-0.39, 0.29) is 18.3 Å². The van der Waals surface area contributed by atoms with Crippen molar-refractivity contribution in [2.45, 2.75) is 32.0 Å². The molecule has 136 valence electrons. The van der Waals surface area contributed by atoms with Crippen LogP contribution in [0.25, 0.3) is 0 Å². The molecule has 1 heterocycles. The van der Waals surface area contributed by atoms with Crippen LogP contribution in [0.15, 0.2) is 54.6 Å². The molecule has 0 spiro atoms. The Balaban J connectivity index is 1.52. The number of amides is 2. The van der Waals surface area contributed by atoms with Gasteiger partial charge in [0.2, 0.25) is 5.91 Å². The molecule has 1 N–H and O–H groups in total. The van der Waals surface area contributed by atoms with Crippen molar-refractivity contribution < 1.29 is 18.7 Å². The Bertz CT molecular complexity index is 749. The lowest BCUT2D eigenvalue weighted by atomic mass is 10.2. The molecule has 0 saturated carbocycles. The van der Waals surface area contributed by atoms with Crippen molar-refractivity contribution in [3.05, 3.63) is 71.5 Å². The van der Waals surface area contributed by atoms with Crippen molar-refractivity contribution in [2.75, 3.05) is 6.54 Å². The van der Waals surface area contributed by atoms with Crippen LogP contribution < -0.4 is 5.32 Å². The monoisotopic (exact) mass is 356 g/mol. The van der Waals surface area contributed by atoms with Gasteiger partial charge in [0.15, 0.2) is 0 Å². The summed E-state index contributed by atoms with van der Waals surface area (Å²) in [6.07, 6.45) is 0.887. The zero-order valence-corrected chi connectivity index (χ0v) is 14.4. The number of nitrogens with zero attached hydrogens (tertiary/aromatic N) is 1. The van der Waals surface area contributed by atoms with Crippen LogP contribution in [0.4, 0.5) is 9.18 Å². The molecule has 1 aliphatic heterocycles. The summed E-state index contributed by atoms with van der Waals surface area (Å²) in [7, 11) is 0. The molecule has 0 aliphatic carbocycles. The van der Waals surface area contributed by atoms with E-state index in [9.17, 15) is 14.0 Å². The number of hydrogen-bond donors (Lipinski definition) is 1. The fraction of sp³-hybridized carbons (Fsp3) is 0.300. The number of nitrogens with one attached hydrogen (secondary N) is 1. The maximum absolute atomic E-state index is 12.9. The van der Waals surface area contributed by atoms with Crippen LogP contribution in [0.2, 0.25) is 0 Å². The Hall–Kier alpha value is -2.89. The minimum atomic E-state index is -0.529. The van der Waals surface area contributed by atoms with Crippen molar-refractivity contribution in [3.63, 3.8) is 0 Å². The topological polar surface area (TPSA) is 58.6 Å². The highest BCUT2D eigenvalue weighted by Crippen LogP contribution is 2.19. The van der Waals surface area contributed by atoms with Crippen LogP contribution in [-0.4, -0.2) is 29.5 Å². The molecule has 1 atom stereocenters. The van der Waals surface area contributed by atoms with Crippen molar-refractivity contribution in [3.8, 4) is 0 Å². The molecule has 2 amide bonds. The largest absolute Gasteiger partial charge is 0.445 e. The lowest BCUT2D eigenvalue weighted by Crippen LogP contribution is -2.45. The average molecular weight is 356 g/mol. The van der Waals surface area contributed by atoms with Gasteiger partial charge in [-0.3, -0.25) is 9.69 Å². The molecule has 6 heteroatoms. The number of benzene rings is 2. The highest BCUT2D eigenvalue weighted by Gasteiger charge is 2.34. The second-order valence-electron chi connectivity index (χ2n) is 6.24. The van der Waals surface area contributed by atoms with Crippen LogP contribution in [-0.2, 0) is 22.7 Å². The standard InChI is InChI=1S/C20H21FN2O3/c21-17-10-8-15(9-11-17)13-22-19(24)18-7-4-12-23(18)20(25)26-14-16-5-2-1-3-6-16/h1-3,5-6,8-11,18H,4,7,12-14H2,(H,22,24). The first-order valence-corrected chi connectivity index (χ1v) is 8.63. The molecule has 2 aromatic carbocycles. The van der Waals surface area contributed by atoms with E-state index in [0.717, 1.165) is 17.5 Å². The summed E-state index contributed by atoms with van der Waals surface area (Å²) in [6, 6.07) is 14.8. The minimum absolute atomic E-state index is 0.181. The van der Waals surface area contributed by atoms with E-state index in [0.29, 0.717) is 19.5 Å². The Kier molecular flexibility index (Phi) is 5.84. The van der Waals surface area contributed by atoms with E-state index < -0.39 is 12.1 Å². The van der Waals surface area contributed by atoms with Gasteiger partial charge in [0.1, 0.15) is 18.5 Å². The molecule has 1 fully saturated rings. The molecular weight excluding hydrogens is 335 g/mol. The van der Waals surface area contributed by atoms with E-state index in [1.807, 2.05) is 30.3 Å². The van der Waals surface area contributed by atoms with Crippen molar-refractivity contribution in [1.82, 2.24) is 10.2 Å². The van der Waals surface area contributed by atoms with E-state index in [2.05, 4.69) is 5.32 Å². The number of likely N-dealkylation sites (tertiary alicyclic amines) is 1. The first-order valence-electron chi connectivity index (χ1n) is 8.63. The first kappa shape index (κ1) is 17.9. The number of rotatable bonds is 5. The van der Waals surface area contributed by atoms with Crippen LogP contribution in [0.1, 0.15) is 24.0 Å². The molecule has 26 heavy (non-hydrogen) atoms. The summed E-state index contributed by atoms with van der Waals surface area (Å²) in [4.78, 5) is 26.2. The van der Waals surface area contributed by atoms with Gasteiger partial charge in [0.05, 0.1) is 0 Å². The summed E-state index contributed by atoms with van der Waals surface area (Å²) < 4.78 is 18.3. The highest BCUT2D eigenvalue weighted by atomic mass is 19.1. The quantitative estimate of drug-likeness (QED) is 0.895. The van der Waals surface area contributed by atoms with Gasteiger partial charge in [-0.2, -0.15) is 0 Å². The fourth-order valence-corrected chi connectivity index (χ4v) is 2.97. The average Bonchev–Trinajstić information content (AvgIpc) is 3.16. The summed E-state index contributed by atoms with van der Waals surface area (Å²) in [5.74, 6) is -0.535. The molecule has 5 nitrogen and oxygen atoms in total. The summed E-state index contributed by atoms with van der Waals surface area (Å²) in [5.41, 5.74) is 1.70. The SMILES string of the molecule is O=C(NCc1ccc(F)cc1)C1CCCN1C(=O)OCc1ccccc1. The van der Waals surface area contributed by atoms with Gasteiger partial charge in [-0.1, -0.05) is 42.5 Å². The molecule has 3 rings (SSSR count). The maximum Gasteiger partial charge on any atom is 0.410 e. The Morgan fingerprint density at radius 3 is 2.54 bits per heavy atom. The smallest absolute Gasteiger partial charge is 0.410 e. The summed E-state index contributed by atoms with van der Waals surface area (Å²) in [6.45, 7) is 0.977. The van der Waals surface area contributed by atoms with Gasteiger partial charge >= 0.3 is 6.09 Å². The Morgan fingerprint density at radius 2 is 1.81 bits per heavy atom. The van der Waals surface area contributed by atoms with Crippen LogP contribution in [0.3, 0.4) is 0 Å². The molecule has 0 aromatic heterocycles. The molecule has 2 aromatic rings. The number of halogens is 1. The van der Waals surface area contributed by atoms with Gasteiger partial charge in [0, 0.05) is 13.1 Å². The van der Waals surface area contributed by atoms with Crippen LogP contribution in [0, 0.1) is 5.82 Å². The molecule has 1 saturated heterocycles. The van der Waals surface area contributed by atoms with Gasteiger partial charge in [-0.25, -0.2) is 9.18 Å². The third-order valence-corrected chi connectivity index (χ3v) is 4.38. The molecule has 1 unspecified atom stereocenters. The fourth-order valence-electron chi connectivity index (χ4n) is 2.97. The van der Waals surface area contributed by atoms with Gasteiger partial charge in [-0.15, -0.1) is 0 Å². The van der Waals surface area contributed by atoms with E-state index >= 15 is 0 Å². The van der Waals surface area contributed by atoms with Gasteiger partial charge in [-0.05, 0) is 36.1 Å². The third-order valence-electron chi connectivity index (χ3n) is 4.38. The molecule has 0 radical (unpaired) electrons. The lowest BCUT2D eigenvalue weighted by molar-refractivity contribution is -0.125. The van der Waals surface area contributed by atoms with Crippen molar-refractivity contribution >= 4 is 12.0 Å². The lowest BCUT2D eigenvalue weighted by Gasteiger charge is -2.23. The van der Waals surface area contributed by atoms with Gasteiger partial charge < -0.3 is 10.1 Å². The number of carbonyl (C=O) groups excluding carboxylic acids is 2. The zero-order valence-electron chi connectivity index (χ0n) is 14.4.